The molecule has 1 aliphatic heterocycles. The molecule has 110 valence electrons. The molecule has 5 N–H and O–H groups in total. The van der Waals surface area contributed by atoms with Gasteiger partial charge in [-0.05, 0) is 50.0 Å². The summed E-state index contributed by atoms with van der Waals surface area (Å²) in [5, 5.41) is 3.28. The molecule has 1 aromatic rings. The summed E-state index contributed by atoms with van der Waals surface area (Å²) in [6, 6.07) is 5.21. The molecule has 5 heteroatoms. The lowest BCUT2D eigenvalue weighted by atomic mass is 9.99. The van der Waals surface area contributed by atoms with Crippen LogP contribution in [0.15, 0.2) is 18.2 Å². The van der Waals surface area contributed by atoms with Crippen molar-refractivity contribution < 1.29 is 4.79 Å². The first-order valence-corrected chi connectivity index (χ1v) is 7.22. The van der Waals surface area contributed by atoms with E-state index < -0.39 is 5.91 Å². The van der Waals surface area contributed by atoms with E-state index in [1.54, 1.807) is 12.1 Å². The Bertz CT molecular complexity index is 467. The smallest absolute Gasteiger partial charge is 0.250 e. The second-order valence-corrected chi connectivity index (χ2v) is 5.62. The van der Waals surface area contributed by atoms with Gasteiger partial charge >= 0.3 is 0 Å². The number of nitrogens with two attached hydrogens (primary N) is 2. The van der Waals surface area contributed by atoms with Crippen LogP contribution in [0.4, 0.5) is 11.4 Å². The van der Waals surface area contributed by atoms with Crippen LogP contribution in [-0.2, 0) is 0 Å². The maximum atomic E-state index is 11.4. The first-order chi connectivity index (χ1) is 9.56. The second-order valence-electron chi connectivity index (χ2n) is 5.62. The summed E-state index contributed by atoms with van der Waals surface area (Å²) in [7, 11) is 0. The van der Waals surface area contributed by atoms with Crippen molar-refractivity contribution >= 4 is 17.3 Å². The Kier molecular flexibility index (Phi) is 4.84. The minimum Gasteiger partial charge on any atom is -0.399 e. The highest BCUT2D eigenvalue weighted by atomic mass is 16.1. The molecule has 1 aliphatic rings. The van der Waals surface area contributed by atoms with E-state index in [9.17, 15) is 4.79 Å². The molecule has 0 unspecified atom stereocenters. The summed E-state index contributed by atoms with van der Waals surface area (Å²) >= 11 is 0. The van der Waals surface area contributed by atoms with Gasteiger partial charge in [0.25, 0.3) is 5.91 Å². The van der Waals surface area contributed by atoms with E-state index >= 15 is 0 Å². The molecule has 1 fully saturated rings. The SMILES string of the molecule is CC1CCN(CCNc2ccc(N)cc2C(N)=O)CC1. The van der Waals surface area contributed by atoms with Crippen LogP contribution in [0.25, 0.3) is 0 Å². The Morgan fingerprint density at radius 2 is 2.10 bits per heavy atom. The zero-order chi connectivity index (χ0) is 14.5. The standard InChI is InChI=1S/C15H24N4O/c1-11-4-7-19(8-5-11)9-6-18-14-3-2-12(16)10-13(14)15(17)20/h2-3,10-11,18H,4-9,16H2,1H3,(H2,17,20). The molecule has 0 aliphatic carbocycles. The number of nitrogens with one attached hydrogen (secondary N) is 1. The van der Waals surface area contributed by atoms with Gasteiger partial charge in [-0.1, -0.05) is 6.92 Å². The lowest BCUT2D eigenvalue weighted by Crippen LogP contribution is -2.36. The zero-order valence-electron chi connectivity index (χ0n) is 12.1. The molecule has 20 heavy (non-hydrogen) atoms. The number of anilines is 2. The fourth-order valence-corrected chi connectivity index (χ4v) is 2.55. The largest absolute Gasteiger partial charge is 0.399 e. The third kappa shape index (κ3) is 3.87. The molecule has 1 heterocycles. The highest BCUT2D eigenvalue weighted by Gasteiger charge is 2.15. The van der Waals surface area contributed by atoms with Crippen LogP contribution < -0.4 is 16.8 Å². The van der Waals surface area contributed by atoms with Crippen LogP contribution in [0.1, 0.15) is 30.1 Å². The summed E-state index contributed by atoms with van der Waals surface area (Å²) in [6.45, 7) is 6.41. The van der Waals surface area contributed by atoms with Crippen molar-refractivity contribution in [2.75, 3.05) is 37.2 Å². The Labute approximate surface area is 120 Å². The monoisotopic (exact) mass is 276 g/mol. The van der Waals surface area contributed by atoms with Crippen molar-refractivity contribution in [3.63, 3.8) is 0 Å². The van der Waals surface area contributed by atoms with Gasteiger partial charge < -0.3 is 21.7 Å². The summed E-state index contributed by atoms with van der Waals surface area (Å²) in [5.41, 5.74) is 12.8. The van der Waals surface area contributed by atoms with Crippen LogP contribution in [0.3, 0.4) is 0 Å². The van der Waals surface area contributed by atoms with Gasteiger partial charge in [0.1, 0.15) is 0 Å². The van der Waals surface area contributed by atoms with Crippen molar-refractivity contribution in [2.24, 2.45) is 11.7 Å². The third-order valence-corrected chi connectivity index (χ3v) is 3.93. The number of benzene rings is 1. The quantitative estimate of drug-likeness (QED) is 0.712. The number of carbonyl (C=O) groups is 1. The van der Waals surface area contributed by atoms with E-state index in [0.717, 1.165) is 37.8 Å². The second kappa shape index (κ2) is 6.61. The fraction of sp³-hybridized carbons (Fsp3) is 0.533. The molecular weight excluding hydrogens is 252 g/mol. The van der Waals surface area contributed by atoms with E-state index in [-0.39, 0.29) is 0 Å². The summed E-state index contributed by atoms with van der Waals surface area (Å²) < 4.78 is 0. The first-order valence-electron chi connectivity index (χ1n) is 7.22. The van der Waals surface area contributed by atoms with Gasteiger partial charge in [-0.2, -0.15) is 0 Å². The minimum atomic E-state index is -0.452. The minimum absolute atomic E-state index is 0.452. The molecule has 1 saturated heterocycles. The van der Waals surface area contributed by atoms with Crippen molar-refractivity contribution in [3.8, 4) is 0 Å². The Morgan fingerprint density at radius 1 is 1.40 bits per heavy atom. The molecule has 5 nitrogen and oxygen atoms in total. The van der Waals surface area contributed by atoms with Crippen LogP contribution in [-0.4, -0.2) is 37.0 Å². The Hall–Kier alpha value is -1.75. The van der Waals surface area contributed by atoms with E-state index in [1.165, 1.54) is 12.8 Å². The Balaban J connectivity index is 1.86. The lowest BCUT2D eigenvalue weighted by molar-refractivity contribution is 0.100. The number of carbonyl (C=O) groups excluding carboxylic acids is 1. The number of likely N-dealkylation sites (tertiary alicyclic amines) is 1. The van der Waals surface area contributed by atoms with Crippen molar-refractivity contribution in [3.05, 3.63) is 23.8 Å². The summed E-state index contributed by atoms with van der Waals surface area (Å²) in [4.78, 5) is 13.8. The topological polar surface area (TPSA) is 84.4 Å². The highest BCUT2D eigenvalue weighted by Crippen LogP contribution is 2.19. The van der Waals surface area contributed by atoms with Gasteiger partial charge in [-0.25, -0.2) is 0 Å². The molecule has 0 aromatic heterocycles. The van der Waals surface area contributed by atoms with Gasteiger partial charge in [-0.15, -0.1) is 0 Å². The fourth-order valence-electron chi connectivity index (χ4n) is 2.55. The first kappa shape index (κ1) is 14.7. The molecule has 0 saturated carbocycles. The molecule has 0 spiro atoms. The molecule has 2 rings (SSSR count). The van der Waals surface area contributed by atoms with Crippen LogP contribution in [0.5, 0.6) is 0 Å². The van der Waals surface area contributed by atoms with Gasteiger partial charge in [0.2, 0.25) is 0 Å². The van der Waals surface area contributed by atoms with Crippen molar-refractivity contribution in [1.29, 1.82) is 0 Å². The molecular formula is C15H24N4O. The van der Waals surface area contributed by atoms with E-state index in [4.69, 9.17) is 11.5 Å². The third-order valence-electron chi connectivity index (χ3n) is 3.93. The number of rotatable bonds is 5. The van der Waals surface area contributed by atoms with E-state index in [2.05, 4.69) is 17.1 Å². The average Bonchev–Trinajstić information content (AvgIpc) is 2.42. The number of amides is 1. The zero-order valence-corrected chi connectivity index (χ0v) is 12.1. The molecule has 1 aromatic carbocycles. The van der Waals surface area contributed by atoms with E-state index in [0.29, 0.717) is 11.3 Å². The molecule has 1 amide bonds. The average molecular weight is 276 g/mol. The van der Waals surface area contributed by atoms with Crippen molar-refractivity contribution in [1.82, 2.24) is 4.90 Å². The normalized spacial score (nSPS) is 17.1. The number of nitrogens with zero attached hydrogens (tertiary/aromatic N) is 1. The van der Waals surface area contributed by atoms with Crippen LogP contribution in [0.2, 0.25) is 0 Å². The van der Waals surface area contributed by atoms with Crippen LogP contribution in [0, 0.1) is 5.92 Å². The maximum absolute atomic E-state index is 11.4. The predicted molar refractivity (Wildman–Crippen MR) is 82.7 cm³/mol. The summed E-state index contributed by atoms with van der Waals surface area (Å²) in [5.74, 6) is 0.393. The predicted octanol–water partition coefficient (Wildman–Crippen LogP) is 1.51. The number of nitrogen functional groups attached to an aromatic ring is 1. The number of primary amides is 1. The number of hydrogen-bond acceptors (Lipinski definition) is 4. The van der Waals surface area contributed by atoms with Gasteiger partial charge in [0.15, 0.2) is 0 Å². The van der Waals surface area contributed by atoms with Gasteiger partial charge in [0.05, 0.1) is 5.56 Å². The molecule has 0 bridgehead atoms. The maximum Gasteiger partial charge on any atom is 0.250 e. The number of piperidine rings is 1. The Morgan fingerprint density at radius 3 is 2.75 bits per heavy atom. The van der Waals surface area contributed by atoms with Crippen molar-refractivity contribution in [2.45, 2.75) is 19.8 Å². The molecule has 0 atom stereocenters. The number of hydrogen-bond donors (Lipinski definition) is 3. The van der Waals surface area contributed by atoms with Gasteiger partial charge in [-0.3, -0.25) is 4.79 Å². The summed E-state index contributed by atoms with van der Waals surface area (Å²) in [6.07, 6.45) is 2.54. The molecule has 0 radical (unpaired) electrons. The van der Waals surface area contributed by atoms with Crippen LogP contribution >= 0.6 is 0 Å². The van der Waals surface area contributed by atoms with Gasteiger partial charge in [0, 0.05) is 24.5 Å². The highest BCUT2D eigenvalue weighted by molar-refractivity contribution is 5.99. The lowest BCUT2D eigenvalue weighted by Gasteiger charge is -2.30. The van der Waals surface area contributed by atoms with E-state index in [1.807, 2.05) is 6.07 Å².